The first-order valence-corrected chi connectivity index (χ1v) is 8.04. The lowest BCUT2D eigenvalue weighted by molar-refractivity contribution is -0.345. The minimum absolute atomic E-state index is 0.373. The molecule has 8 heteroatoms. The van der Waals surface area contributed by atoms with Crippen LogP contribution in [0.25, 0.3) is 5.69 Å². The second-order valence-corrected chi connectivity index (χ2v) is 6.19. The maximum absolute atomic E-state index is 12.2. The maximum Gasteiger partial charge on any atom is 0.522 e. The molecule has 0 unspecified atom stereocenters. The molecule has 24 heavy (non-hydrogen) atoms. The molecule has 0 spiro atoms. The van der Waals surface area contributed by atoms with E-state index in [1.54, 1.807) is 16.9 Å². The van der Waals surface area contributed by atoms with Crippen molar-refractivity contribution in [2.45, 2.75) is 31.9 Å². The summed E-state index contributed by atoms with van der Waals surface area (Å²) in [6.45, 7) is 1.78. The van der Waals surface area contributed by atoms with Crippen LogP contribution in [0.15, 0.2) is 36.7 Å². The van der Waals surface area contributed by atoms with Gasteiger partial charge in [-0.1, -0.05) is 23.7 Å². The van der Waals surface area contributed by atoms with Crippen LogP contribution in [0.1, 0.15) is 18.4 Å². The number of aromatic nitrogens is 2. The van der Waals surface area contributed by atoms with Gasteiger partial charge in [0.05, 0.1) is 23.0 Å². The van der Waals surface area contributed by atoms with E-state index >= 15 is 0 Å². The summed E-state index contributed by atoms with van der Waals surface area (Å²) in [7, 11) is 0. The lowest BCUT2D eigenvalue weighted by Crippen LogP contribution is -2.38. The number of hydrogen-bond donors (Lipinski definition) is 0. The van der Waals surface area contributed by atoms with Crippen LogP contribution in [-0.4, -0.2) is 40.2 Å². The van der Waals surface area contributed by atoms with Gasteiger partial charge in [0.25, 0.3) is 0 Å². The smallest absolute Gasteiger partial charge is 0.299 e. The minimum Gasteiger partial charge on any atom is -0.299 e. The molecule has 1 fully saturated rings. The topological polar surface area (TPSA) is 30.3 Å². The van der Waals surface area contributed by atoms with Gasteiger partial charge in [0, 0.05) is 31.4 Å². The van der Waals surface area contributed by atoms with Crippen molar-refractivity contribution in [2.24, 2.45) is 0 Å². The number of alkyl halides is 3. The Bertz CT molecular complexity index is 681. The molecule has 0 amide bonds. The molecule has 2 heterocycles. The molecule has 0 saturated carbocycles. The first-order chi connectivity index (χ1) is 11.4. The minimum atomic E-state index is -4.55. The van der Waals surface area contributed by atoms with Crippen molar-refractivity contribution in [3.8, 4) is 5.69 Å². The van der Waals surface area contributed by atoms with E-state index in [2.05, 4.69) is 14.7 Å². The van der Waals surface area contributed by atoms with Crippen molar-refractivity contribution in [3.63, 3.8) is 0 Å². The number of para-hydroxylation sites is 1. The summed E-state index contributed by atoms with van der Waals surface area (Å²) in [5.74, 6) is 0. The van der Waals surface area contributed by atoms with Crippen LogP contribution in [0.2, 0.25) is 5.02 Å². The molecule has 0 bridgehead atoms. The van der Waals surface area contributed by atoms with Gasteiger partial charge >= 0.3 is 6.36 Å². The number of hydrogen-bond acceptors (Lipinski definition) is 3. The first kappa shape index (κ1) is 17.3. The average Bonchev–Trinajstić information content (AvgIpc) is 2.96. The van der Waals surface area contributed by atoms with Crippen molar-refractivity contribution in [3.05, 3.63) is 47.2 Å². The van der Waals surface area contributed by atoms with Crippen LogP contribution >= 0.6 is 11.6 Å². The molecule has 130 valence electrons. The van der Waals surface area contributed by atoms with E-state index < -0.39 is 12.5 Å². The van der Waals surface area contributed by atoms with E-state index in [4.69, 9.17) is 11.6 Å². The van der Waals surface area contributed by atoms with Crippen LogP contribution in [0.5, 0.6) is 0 Å². The van der Waals surface area contributed by atoms with Gasteiger partial charge in [0.2, 0.25) is 0 Å². The molecule has 0 atom stereocenters. The summed E-state index contributed by atoms with van der Waals surface area (Å²) in [6, 6.07) is 7.40. The average molecular weight is 360 g/mol. The van der Waals surface area contributed by atoms with Crippen LogP contribution in [0, 0.1) is 0 Å². The third kappa shape index (κ3) is 4.49. The lowest BCUT2D eigenvalue weighted by Gasteiger charge is -2.31. The summed E-state index contributed by atoms with van der Waals surface area (Å²) in [6.07, 6.45) is -0.910. The fourth-order valence-electron chi connectivity index (χ4n) is 2.84. The Morgan fingerprint density at radius 3 is 2.58 bits per heavy atom. The number of rotatable bonds is 4. The van der Waals surface area contributed by atoms with Gasteiger partial charge in [0.1, 0.15) is 0 Å². The molecule has 2 aromatic rings. The van der Waals surface area contributed by atoms with Gasteiger partial charge in [-0.05, 0) is 25.0 Å². The van der Waals surface area contributed by atoms with Crippen molar-refractivity contribution < 1.29 is 17.9 Å². The third-order valence-corrected chi connectivity index (χ3v) is 4.30. The summed E-state index contributed by atoms with van der Waals surface area (Å²) in [4.78, 5) is 2.10. The Hall–Kier alpha value is -1.57. The number of halogens is 4. The van der Waals surface area contributed by atoms with Crippen LogP contribution < -0.4 is 0 Å². The molecule has 1 aliphatic heterocycles. The zero-order valence-corrected chi connectivity index (χ0v) is 13.6. The Kier molecular flexibility index (Phi) is 5.12. The number of likely N-dealkylation sites (tertiary alicyclic amines) is 1. The van der Waals surface area contributed by atoms with Crippen molar-refractivity contribution in [1.29, 1.82) is 0 Å². The summed E-state index contributed by atoms with van der Waals surface area (Å²) < 4.78 is 42.5. The molecular formula is C16H17ClF3N3O. The molecule has 1 saturated heterocycles. The Morgan fingerprint density at radius 2 is 1.92 bits per heavy atom. The van der Waals surface area contributed by atoms with Gasteiger partial charge < -0.3 is 0 Å². The zero-order chi connectivity index (χ0) is 17.2. The molecule has 3 rings (SSSR count). The summed E-state index contributed by atoms with van der Waals surface area (Å²) in [5.41, 5.74) is 1.79. The maximum atomic E-state index is 12.2. The van der Waals surface area contributed by atoms with Crippen molar-refractivity contribution >= 4 is 11.6 Å². The zero-order valence-electron chi connectivity index (χ0n) is 12.8. The number of benzene rings is 1. The van der Waals surface area contributed by atoms with E-state index in [0.29, 0.717) is 37.5 Å². The summed E-state index contributed by atoms with van der Waals surface area (Å²) in [5, 5.41) is 4.92. The Balaban J connectivity index is 1.56. The SMILES string of the molecule is FC(F)(F)OC1CCN(Cc2cnn(-c3ccccc3Cl)c2)CC1. The fraction of sp³-hybridized carbons (Fsp3) is 0.438. The molecule has 1 aromatic carbocycles. The van der Waals surface area contributed by atoms with E-state index in [9.17, 15) is 13.2 Å². The van der Waals surface area contributed by atoms with Gasteiger partial charge in [-0.2, -0.15) is 5.10 Å². The highest BCUT2D eigenvalue weighted by atomic mass is 35.5. The monoisotopic (exact) mass is 359 g/mol. The highest BCUT2D eigenvalue weighted by molar-refractivity contribution is 6.32. The standard InChI is InChI=1S/C16H17ClF3N3O/c17-14-3-1-2-4-15(14)23-11-12(9-21-23)10-22-7-5-13(6-8-22)24-16(18,19)20/h1-4,9,11,13H,5-8,10H2. The first-order valence-electron chi connectivity index (χ1n) is 7.66. The lowest BCUT2D eigenvalue weighted by atomic mass is 10.1. The number of nitrogens with zero attached hydrogens (tertiary/aromatic N) is 3. The van der Waals surface area contributed by atoms with Gasteiger partial charge in [0.15, 0.2) is 0 Å². The third-order valence-electron chi connectivity index (χ3n) is 3.98. The predicted octanol–water partition coefficient (Wildman–Crippen LogP) is 4.03. The van der Waals surface area contributed by atoms with E-state index in [-0.39, 0.29) is 0 Å². The normalized spacial score (nSPS) is 17.3. The molecular weight excluding hydrogens is 343 g/mol. The molecule has 1 aromatic heterocycles. The van der Waals surface area contributed by atoms with E-state index in [1.165, 1.54) is 0 Å². The molecule has 0 aliphatic carbocycles. The Morgan fingerprint density at radius 1 is 1.21 bits per heavy atom. The highest BCUT2D eigenvalue weighted by Gasteiger charge is 2.34. The van der Waals surface area contributed by atoms with Gasteiger partial charge in [-0.3, -0.25) is 9.64 Å². The second-order valence-electron chi connectivity index (χ2n) is 5.78. The van der Waals surface area contributed by atoms with E-state index in [0.717, 1.165) is 11.3 Å². The van der Waals surface area contributed by atoms with E-state index in [1.807, 2.05) is 24.4 Å². The molecule has 1 aliphatic rings. The van der Waals surface area contributed by atoms with Crippen LogP contribution in [0.4, 0.5) is 13.2 Å². The van der Waals surface area contributed by atoms with Gasteiger partial charge in [-0.25, -0.2) is 4.68 Å². The molecule has 0 radical (unpaired) electrons. The summed E-state index contributed by atoms with van der Waals surface area (Å²) >= 11 is 6.15. The quantitative estimate of drug-likeness (QED) is 0.825. The molecule has 0 N–H and O–H groups in total. The van der Waals surface area contributed by atoms with Gasteiger partial charge in [-0.15, -0.1) is 13.2 Å². The molecule has 4 nitrogen and oxygen atoms in total. The largest absolute Gasteiger partial charge is 0.522 e. The van der Waals surface area contributed by atoms with Crippen LogP contribution in [-0.2, 0) is 11.3 Å². The fourth-order valence-corrected chi connectivity index (χ4v) is 3.07. The van der Waals surface area contributed by atoms with Crippen molar-refractivity contribution in [2.75, 3.05) is 13.1 Å². The van der Waals surface area contributed by atoms with Crippen LogP contribution in [0.3, 0.4) is 0 Å². The van der Waals surface area contributed by atoms with Crippen molar-refractivity contribution in [1.82, 2.24) is 14.7 Å². The number of piperidine rings is 1. The highest BCUT2D eigenvalue weighted by Crippen LogP contribution is 2.25. The number of ether oxygens (including phenoxy) is 1. The Labute approximate surface area is 142 Å². The predicted molar refractivity (Wildman–Crippen MR) is 84.0 cm³/mol. The second kappa shape index (κ2) is 7.13.